The van der Waals surface area contributed by atoms with Crippen molar-refractivity contribution in [1.82, 2.24) is 19.7 Å². The van der Waals surface area contributed by atoms with Gasteiger partial charge in [-0.05, 0) is 48.9 Å². The van der Waals surface area contributed by atoms with Crippen LogP contribution in [0.4, 0.5) is 0 Å². The van der Waals surface area contributed by atoms with E-state index in [1.165, 1.54) is 12.3 Å². The molecule has 0 aliphatic carbocycles. The molecular weight excluding hydrogens is 380 g/mol. The number of aromatic nitrogens is 4. The molecule has 0 radical (unpaired) electrons. The SMILES string of the molecule is Cc1cccc(Oc2ccc3c(-c4cc5nccc(C(=O)O)c5[nH]4)nn(C)c3c2)c1. The number of carboxylic acid groups (broad SMARTS) is 1. The Hall–Kier alpha value is -4.13. The lowest BCUT2D eigenvalue weighted by Crippen LogP contribution is -1.97. The fourth-order valence-corrected chi connectivity index (χ4v) is 3.65. The van der Waals surface area contributed by atoms with Gasteiger partial charge in [-0.15, -0.1) is 0 Å². The zero-order valence-electron chi connectivity index (χ0n) is 16.4. The number of benzene rings is 2. The summed E-state index contributed by atoms with van der Waals surface area (Å²) in [5, 5.41) is 15.0. The number of nitrogens with one attached hydrogen (secondary N) is 1. The Morgan fingerprint density at radius 3 is 2.73 bits per heavy atom. The Morgan fingerprint density at radius 2 is 1.93 bits per heavy atom. The summed E-state index contributed by atoms with van der Waals surface area (Å²) in [7, 11) is 1.87. The van der Waals surface area contributed by atoms with Crippen LogP contribution < -0.4 is 4.74 Å². The normalized spacial score (nSPS) is 11.3. The number of aryl methyl sites for hydroxylation is 2. The van der Waals surface area contributed by atoms with Crippen LogP contribution in [0.3, 0.4) is 0 Å². The first-order valence-corrected chi connectivity index (χ1v) is 9.42. The lowest BCUT2D eigenvalue weighted by Gasteiger charge is -2.07. The molecule has 5 aromatic rings. The van der Waals surface area contributed by atoms with E-state index in [1.807, 2.05) is 62.5 Å². The van der Waals surface area contributed by atoms with Gasteiger partial charge in [0.25, 0.3) is 0 Å². The molecule has 148 valence electrons. The predicted molar refractivity (Wildman–Crippen MR) is 114 cm³/mol. The zero-order chi connectivity index (χ0) is 20.8. The van der Waals surface area contributed by atoms with Crippen molar-refractivity contribution < 1.29 is 14.6 Å². The van der Waals surface area contributed by atoms with Gasteiger partial charge >= 0.3 is 5.97 Å². The lowest BCUT2D eigenvalue weighted by molar-refractivity contribution is 0.0698. The number of aromatic carboxylic acids is 1. The Bertz CT molecular complexity index is 1430. The van der Waals surface area contributed by atoms with Crippen molar-refractivity contribution in [3.05, 3.63) is 71.9 Å². The van der Waals surface area contributed by atoms with Crippen LogP contribution in [0.5, 0.6) is 11.5 Å². The number of hydrogen-bond donors (Lipinski definition) is 2. The van der Waals surface area contributed by atoms with E-state index in [4.69, 9.17) is 4.74 Å². The van der Waals surface area contributed by atoms with Crippen LogP contribution in [0.25, 0.3) is 33.3 Å². The number of carbonyl (C=O) groups is 1. The number of ether oxygens (including phenoxy) is 1. The number of pyridine rings is 1. The highest BCUT2D eigenvalue weighted by molar-refractivity contribution is 6.03. The topological polar surface area (TPSA) is 93.0 Å². The van der Waals surface area contributed by atoms with Crippen molar-refractivity contribution in [2.24, 2.45) is 7.05 Å². The van der Waals surface area contributed by atoms with Crippen LogP contribution in [0.2, 0.25) is 0 Å². The van der Waals surface area contributed by atoms with E-state index < -0.39 is 5.97 Å². The number of fused-ring (bicyclic) bond motifs is 2. The van der Waals surface area contributed by atoms with Crippen molar-refractivity contribution >= 4 is 27.9 Å². The maximum Gasteiger partial charge on any atom is 0.337 e. The minimum atomic E-state index is -1.00. The first-order valence-electron chi connectivity index (χ1n) is 9.42. The summed E-state index contributed by atoms with van der Waals surface area (Å²) in [6.45, 7) is 2.02. The van der Waals surface area contributed by atoms with Gasteiger partial charge in [-0.25, -0.2) is 4.79 Å². The number of H-pyrrole nitrogens is 1. The molecule has 0 atom stereocenters. The van der Waals surface area contributed by atoms with Gasteiger partial charge in [0, 0.05) is 24.7 Å². The minimum absolute atomic E-state index is 0.181. The highest BCUT2D eigenvalue weighted by Crippen LogP contribution is 2.33. The average Bonchev–Trinajstić information content (AvgIpc) is 3.29. The Labute approximate surface area is 171 Å². The van der Waals surface area contributed by atoms with Gasteiger partial charge in [-0.2, -0.15) is 5.10 Å². The van der Waals surface area contributed by atoms with Crippen LogP contribution in [0.1, 0.15) is 15.9 Å². The third kappa shape index (κ3) is 2.97. The van der Waals surface area contributed by atoms with E-state index in [-0.39, 0.29) is 5.56 Å². The van der Waals surface area contributed by atoms with Gasteiger partial charge in [0.05, 0.1) is 27.8 Å². The molecule has 0 unspecified atom stereocenters. The van der Waals surface area contributed by atoms with E-state index >= 15 is 0 Å². The summed E-state index contributed by atoms with van der Waals surface area (Å²) in [4.78, 5) is 19.0. The van der Waals surface area contributed by atoms with E-state index in [2.05, 4.69) is 15.1 Å². The first kappa shape index (κ1) is 17.9. The number of nitrogens with zero attached hydrogens (tertiary/aromatic N) is 3. The van der Waals surface area contributed by atoms with Gasteiger partial charge in [0.15, 0.2) is 0 Å². The third-order valence-corrected chi connectivity index (χ3v) is 5.05. The molecule has 2 aromatic carbocycles. The highest BCUT2D eigenvalue weighted by atomic mass is 16.5. The van der Waals surface area contributed by atoms with Crippen LogP contribution >= 0.6 is 0 Å². The molecule has 0 amide bonds. The van der Waals surface area contributed by atoms with Crippen molar-refractivity contribution in [2.75, 3.05) is 0 Å². The van der Waals surface area contributed by atoms with E-state index in [0.29, 0.717) is 22.5 Å². The summed E-state index contributed by atoms with van der Waals surface area (Å²) < 4.78 is 7.79. The number of carboxylic acids is 1. The van der Waals surface area contributed by atoms with Gasteiger partial charge < -0.3 is 14.8 Å². The summed E-state index contributed by atoms with van der Waals surface area (Å²) >= 11 is 0. The molecule has 7 heteroatoms. The van der Waals surface area contributed by atoms with Crippen molar-refractivity contribution in [3.8, 4) is 22.9 Å². The standard InChI is InChI=1S/C23H18N4O3/c1-13-4-3-5-14(10-13)30-15-6-7-16-20(11-15)27(2)26-22(16)19-12-18-21(25-19)17(23(28)29)8-9-24-18/h3-12,25H,1-2H3,(H,28,29). The summed E-state index contributed by atoms with van der Waals surface area (Å²) in [6.07, 6.45) is 1.49. The van der Waals surface area contributed by atoms with Gasteiger partial charge in [0.1, 0.15) is 17.2 Å². The van der Waals surface area contributed by atoms with Crippen molar-refractivity contribution in [3.63, 3.8) is 0 Å². The molecule has 0 saturated carbocycles. The maximum absolute atomic E-state index is 11.5. The molecule has 0 spiro atoms. The molecule has 0 fully saturated rings. The maximum atomic E-state index is 11.5. The summed E-state index contributed by atoms with van der Waals surface area (Å²) in [5.41, 5.74) is 4.72. The van der Waals surface area contributed by atoms with E-state index in [1.54, 1.807) is 4.68 Å². The van der Waals surface area contributed by atoms with Crippen molar-refractivity contribution in [2.45, 2.75) is 6.92 Å². The molecule has 0 saturated heterocycles. The lowest BCUT2D eigenvalue weighted by atomic mass is 10.1. The molecule has 30 heavy (non-hydrogen) atoms. The fraction of sp³-hybridized carbons (Fsp3) is 0.0870. The molecule has 0 aliphatic heterocycles. The Morgan fingerprint density at radius 1 is 1.10 bits per heavy atom. The third-order valence-electron chi connectivity index (χ3n) is 5.05. The quantitative estimate of drug-likeness (QED) is 0.448. The molecular formula is C23H18N4O3. The summed E-state index contributed by atoms with van der Waals surface area (Å²) in [6, 6.07) is 17.0. The van der Waals surface area contributed by atoms with Gasteiger partial charge in [-0.1, -0.05) is 12.1 Å². The number of hydrogen-bond acceptors (Lipinski definition) is 4. The predicted octanol–water partition coefficient (Wildman–Crippen LogP) is 4.92. The molecule has 5 rings (SSSR count). The molecule has 0 aliphatic rings. The van der Waals surface area contributed by atoms with Crippen molar-refractivity contribution in [1.29, 1.82) is 0 Å². The smallest absolute Gasteiger partial charge is 0.337 e. The highest BCUT2D eigenvalue weighted by Gasteiger charge is 2.17. The van der Waals surface area contributed by atoms with E-state index in [9.17, 15) is 9.90 Å². The molecule has 2 N–H and O–H groups in total. The van der Waals surface area contributed by atoms with Crippen LogP contribution in [-0.4, -0.2) is 30.8 Å². The molecule has 3 heterocycles. The monoisotopic (exact) mass is 398 g/mol. The number of aromatic amines is 1. The fourth-order valence-electron chi connectivity index (χ4n) is 3.65. The number of rotatable bonds is 4. The van der Waals surface area contributed by atoms with Crippen LogP contribution in [-0.2, 0) is 7.05 Å². The second-order valence-electron chi connectivity index (χ2n) is 7.18. The largest absolute Gasteiger partial charge is 0.478 e. The second kappa shape index (κ2) is 6.73. The van der Waals surface area contributed by atoms with E-state index in [0.717, 1.165) is 27.9 Å². The minimum Gasteiger partial charge on any atom is -0.478 e. The summed E-state index contributed by atoms with van der Waals surface area (Å²) in [5.74, 6) is 0.494. The first-order chi connectivity index (χ1) is 14.5. The van der Waals surface area contributed by atoms with Gasteiger partial charge in [-0.3, -0.25) is 9.67 Å². The second-order valence-corrected chi connectivity index (χ2v) is 7.18. The zero-order valence-corrected chi connectivity index (χ0v) is 16.4. The van der Waals surface area contributed by atoms with Crippen LogP contribution in [0.15, 0.2) is 60.8 Å². The molecule has 3 aromatic heterocycles. The van der Waals surface area contributed by atoms with Gasteiger partial charge in [0.2, 0.25) is 0 Å². The average molecular weight is 398 g/mol. The molecule has 7 nitrogen and oxygen atoms in total. The Kier molecular flexibility index (Phi) is 4.03. The van der Waals surface area contributed by atoms with Crippen LogP contribution in [0, 0.1) is 6.92 Å². The molecule has 0 bridgehead atoms. The Balaban J connectivity index is 1.59.